The molecular weight excluding hydrogens is 374 g/mol. The van der Waals surface area contributed by atoms with E-state index in [1.165, 1.54) is 18.5 Å². The number of hydrogen-bond acceptors (Lipinski definition) is 4. The number of nitrogens with zero attached hydrogens (tertiary/aromatic N) is 2. The Balaban J connectivity index is 1.60. The predicted molar refractivity (Wildman–Crippen MR) is 100.0 cm³/mol. The van der Waals surface area contributed by atoms with Gasteiger partial charge in [0.05, 0.1) is 0 Å². The number of hydrogen-bond donors (Lipinski definition) is 2. The van der Waals surface area contributed by atoms with Crippen molar-refractivity contribution in [3.8, 4) is 0 Å². The van der Waals surface area contributed by atoms with E-state index in [0.29, 0.717) is 17.4 Å². The summed E-state index contributed by atoms with van der Waals surface area (Å²) in [4.78, 5) is 20.2. The summed E-state index contributed by atoms with van der Waals surface area (Å²) in [5.41, 5.74) is 1.30. The van der Waals surface area contributed by atoms with Crippen LogP contribution in [0.2, 0.25) is 5.02 Å². The fourth-order valence-electron chi connectivity index (χ4n) is 2.37. The second kappa shape index (κ2) is 8.55. The number of anilines is 2. The van der Waals surface area contributed by atoms with Gasteiger partial charge in [-0.1, -0.05) is 23.7 Å². The Morgan fingerprint density at radius 1 is 1.04 bits per heavy atom. The van der Waals surface area contributed by atoms with Crippen molar-refractivity contribution in [2.45, 2.75) is 6.42 Å². The van der Waals surface area contributed by atoms with Gasteiger partial charge in [-0.15, -0.1) is 0 Å². The molecule has 0 spiro atoms. The maximum atomic E-state index is 13.2. The van der Waals surface area contributed by atoms with Crippen molar-refractivity contribution in [1.29, 1.82) is 0 Å². The van der Waals surface area contributed by atoms with Gasteiger partial charge < -0.3 is 10.6 Å². The van der Waals surface area contributed by atoms with Crippen LogP contribution in [0.5, 0.6) is 0 Å². The molecule has 5 nitrogen and oxygen atoms in total. The molecule has 0 unspecified atom stereocenters. The monoisotopic (exact) mass is 388 g/mol. The normalized spacial score (nSPS) is 10.5. The summed E-state index contributed by atoms with van der Waals surface area (Å²) < 4.78 is 26.2. The Morgan fingerprint density at radius 3 is 2.67 bits per heavy atom. The van der Waals surface area contributed by atoms with Crippen LogP contribution < -0.4 is 10.6 Å². The van der Waals surface area contributed by atoms with Gasteiger partial charge in [0.1, 0.15) is 17.8 Å². The van der Waals surface area contributed by atoms with Crippen LogP contribution in [0.1, 0.15) is 16.1 Å². The number of carbonyl (C=O) groups is 1. The number of carbonyl (C=O) groups excluding carboxylic acids is 1. The summed E-state index contributed by atoms with van der Waals surface area (Å²) in [6, 6.07) is 12.1. The van der Waals surface area contributed by atoms with Gasteiger partial charge >= 0.3 is 0 Å². The molecule has 1 aromatic heterocycles. The fourth-order valence-corrected chi connectivity index (χ4v) is 2.59. The van der Waals surface area contributed by atoms with E-state index in [-0.39, 0.29) is 11.4 Å². The molecule has 138 valence electrons. The Morgan fingerprint density at radius 2 is 1.89 bits per heavy atom. The SMILES string of the molecule is O=C(Nc1ccc(F)c(F)c1)c1cc(NCCc2cccc(Cl)c2)ncn1. The summed E-state index contributed by atoms with van der Waals surface area (Å²) >= 11 is 5.95. The lowest BCUT2D eigenvalue weighted by molar-refractivity contribution is 0.102. The van der Waals surface area contributed by atoms with E-state index in [4.69, 9.17) is 11.6 Å². The van der Waals surface area contributed by atoms with Crippen LogP contribution in [0.3, 0.4) is 0 Å². The number of benzene rings is 2. The lowest BCUT2D eigenvalue weighted by atomic mass is 10.1. The van der Waals surface area contributed by atoms with Crippen molar-refractivity contribution in [2.24, 2.45) is 0 Å². The van der Waals surface area contributed by atoms with E-state index in [1.54, 1.807) is 6.07 Å². The third kappa shape index (κ3) is 5.21. The predicted octanol–water partition coefficient (Wildman–Crippen LogP) is 4.32. The van der Waals surface area contributed by atoms with Crippen LogP contribution in [0.25, 0.3) is 0 Å². The van der Waals surface area contributed by atoms with Crippen LogP contribution >= 0.6 is 11.6 Å². The topological polar surface area (TPSA) is 66.9 Å². The van der Waals surface area contributed by atoms with Crippen LogP contribution in [0.4, 0.5) is 20.3 Å². The van der Waals surface area contributed by atoms with E-state index < -0.39 is 17.5 Å². The van der Waals surface area contributed by atoms with Gasteiger partial charge in [-0.2, -0.15) is 0 Å². The molecule has 0 radical (unpaired) electrons. The standard InChI is InChI=1S/C19H15ClF2N4O/c20-13-3-1-2-12(8-13)6-7-23-18-10-17(24-11-25-18)19(27)26-14-4-5-15(21)16(22)9-14/h1-5,8-11H,6-7H2,(H,26,27)(H,23,24,25). The molecule has 2 N–H and O–H groups in total. The molecule has 3 aromatic rings. The molecule has 0 fully saturated rings. The number of aromatic nitrogens is 2. The zero-order valence-electron chi connectivity index (χ0n) is 14.0. The summed E-state index contributed by atoms with van der Waals surface area (Å²) in [5.74, 6) is -2.11. The van der Waals surface area contributed by atoms with Crippen molar-refractivity contribution >= 4 is 29.0 Å². The molecule has 0 saturated heterocycles. The van der Waals surface area contributed by atoms with E-state index >= 15 is 0 Å². The number of halogens is 3. The largest absolute Gasteiger partial charge is 0.370 e. The van der Waals surface area contributed by atoms with Gasteiger partial charge in [0, 0.05) is 29.4 Å². The van der Waals surface area contributed by atoms with Gasteiger partial charge in [-0.05, 0) is 36.2 Å². The van der Waals surface area contributed by atoms with Gasteiger partial charge in [0.25, 0.3) is 5.91 Å². The first kappa shape index (κ1) is 18.7. The first-order valence-corrected chi connectivity index (χ1v) is 8.46. The van der Waals surface area contributed by atoms with E-state index in [1.807, 2.05) is 18.2 Å². The summed E-state index contributed by atoms with van der Waals surface area (Å²) in [5, 5.41) is 6.24. The third-order valence-electron chi connectivity index (χ3n) is 3.69. The highest BCUT2D eigenvalue weighted by molar-refractivity contribution is 6.30. The van der Waals surface area contributed by atoms with Crippen LogP contribution in [-0.2, 0) is 6.42 Å². The number of rotatable bonds is 6. The van der Waals surface area contributed by atoms with Gasteiger partial charge in [0.2, 0.25) is 0 Å². The van der Waals surface area contributed by atoms with E-state index in [2.05, 4.69) is 20.6 Å². The molecule has 0 saturated carbocycles. The van der Waals surface area contributed by atoms with Gasteiger partial charge in [-0.25, -0.2) is 18.7 Å². The molecule has 0 aliphatic rings. The Hall–Kier alpha value is -3.06. The maximum Gasteiger partial charge on any atom is 0.274 e. The smallest absolute Gasteiger partial charge is 0.274 e. The quantitative estimate of drug-likeness (QED) is 0.660. The molecular formula is C19H15ClF2N4O. The van der Waals surface area contributed by atoms with E-state index in [9.17, 15) is 13.6 Å². The Labute approximate surface area is 159 Å². The highest BCUT2D eigenvalue weighted by atomic mass is 35.5. The van der Waals surface area contributed by atoms with Crippen LogP contribution in [0.15, 0.2) is 54.9 Å². The molecule has 1 amide bonds. The second-order valence-electron chi connectivity index (χ2n) is 5.68. The minimum absolute atomic E-state index is 0.0972. The zero-order chi connectivity index (χ0) is 19.2. The molecule has 0 bridgehead atoms. The third-order valence-corrected chi connectivity index (χ3v) is 3.92. The highest BCUT2D eigenvalue weighted by Gasteiger charge is 2.11. The molecule has 0 aliphatic heterocycles. The van der Waals surface area contributed by atoms with Gasteiger partial charge in [0.15, 0.2) is 11.6 Å². The van der Waals surface area contributed by atoms with Crippen molar-refractivity contribution in [1.82, 2.24) is 9.97 Å². The molecule has 27 heavy (non-hydrogen) atoms. The average molecular weight is 389 g/mol. The van der Waals surface area contributed by atoms with E-state index in [0.717, 1.165) is 24.1 Å². The molecule has 2 aromatic carbocycles. The summed E-state index contributed by atoms with van der Waals surface area (Å²) in [6.45, 7) is 0.585. The average Bonchev–Trinajstić information content (AvgIpc) is 2.65. The van der Waals surface area contributed by atoms with Crippen molar-refractivity contribution in [3.05, 3.63) is 82.8 Å². The van der Waals surface area contributed by atoms with Crippen molar-refractivity contribution in [2.75, 3.05) is 17.2 Å². The number of nitrogens with one attached hydrogen (secondary N) is 2. The molecule has 8 heteroatoms. The lowest BCUT2D eigenvalue weighted by Gasteiger charge is -2.08. The van der Waals surface area contributed by atoms with Crippen LogP contribution in [0, 0.1) is 11.6 Å². The fraction of sp³-hybridized carbons (Fsp3) is 0.105. The maximum absolute atomic E-state index is 13.2. The number of amides is 1. The Bertz CT molecular complexity index is 968. The van der Waals surface area contributed by atoms with Gasteiger partial charge in [-0.3, -0.25) is 4.79 Å². The second-order valence-corrected chi connectivity index (χ2v) is 6.11. The molecule has 1 heterocycles. The molecule has 0 aliphatic carbocycles. The Kier molecular flexibility index (Phi) is 5.93. The minimum Gasteiger partial charge on any atom is -0.370 e. The van der Waals surface area contributed by atoms with Crippen molar-refractivity contribution < 1.29 is 13.6 Å². The summed E-state index contributed by atoms with van der Waals surface area (Å²) in [7, 11) is 0. The minimum atomic E-state index is -1.04. The first-order chi connectivity index (χ1) is 13.0. The molecule has 3 rings (SSSR count). The first-order valence-electron chi connectivity index (χ1n) is 8.08. The molecule has 0 atom stereocenters. The summed E-state index contributed by atoms with van der Waals surface area (Å²) in [6.07, 6.45) is 1.98. The zero-order valence-corrected chi connectivity index (χ0v) is 14.8. The highest BCUT2D eigenvalue weighted by Crippen LogP contribution is 2.15. The van der Waals surface area contributed by atoms with Crippen molar-refractivity contribution in [3.63, 3.8) is 0 Å². The van der Waals surface area contributed by atoms with Crippen LogP contribution in [-0.4, -0.2) is 22.4 Å². The lowest BCUT2D eigenvalue weighted by Crippen LogP contribution is -2.15.